The Bertz CT molecular complexity index is 1810. The normalized spacial score (nSPS) is 13.1. The van der Waals surface area contributed by atoms with E-state index in [4.69, 9.17) is 34.4 Å². The third-order valence-corrected chi connectivity index (χ3v) is 8.29. The molecule has 0 amide bonds. The summed E-state index contributed by atoms with van der Waals surface area (Å²) in [7, 11) is 0. The van der Waals surface area contributed by atoms with Crippen LogP contribution in [0.1, 0.15) is 17.0 Å². The van der Waals surface area contributed by atoms with E-state index in [1.165, 1.54) is 0 Å². The van der Waals surface area contributed by atoms with Gasteiger partial charge in [-0.25, -0.2) is 9.97 Å². The molecule has 0 radical (unpaired) electrons. The zero-order valence-electron chi connectivity index (χ0n) is 18.9. The molecular formula is C30H17N3S3. The van der Waals surface area contributed by atoms with Gasteiger partial charge in [-0.15, -0.1) is 0 Å². The second kappa shape index (κ2) is 8.38. The summed E-state index contributed by atoms with van der Waals surface area (Å²) in [4.78, 5) is 12.4. The average Bonchev–Trinajstić information content (AvgIpc) is 3.55. The molecule has 0 atom stereocenters. The summed E-state index contributed by atoms with van der Waals surface area (Å²) < 4.78 is 2.09. The van der Waals surface area contributed by atoms with Crippen LogP contribution in [0, 0.1) is 0 Å². The van der Waals surface area contributed by atoms with Gasteiger partial charge in [-0.05, 0) is 41.1 Å². The molecule has 3 nitrogen and oxygen atoms in total. The van der Waals surface area contributed by atoms with Crippen LogP contribution in [0.25, 0.3) is 43.6 Å². The number of fused-ring (bicyclic) bond motifs is 3. The molecule has 36 heavy (non-hydrogen) atoms. The predicted octanol–water partition coefficient (Wildman–Crippen LogP) is 7.84. The summed E-state index contributed by atoms with van der Waals surface area (Å²) >= 11 is 13.5. The standard InChI is InChI=1S/C30H17N3S3/c34-26-22-15-19-11-7-8-12-20(19)16-23(22)27(35)24(26)17-25-31-30-28(33(25)21-13-5-2-6-14-21)32-29(36-30)18-9-3-1-4-10-18/h1-17H. The Morgan fingerprint density at radius 2 is 1.28 bits per heavy atom. The second-order valence-electron chi connectivity index (χ2n) is 8.62. The molecule has 2 heterocycles. The monoisotopic (exact) mass is 515 g/mol. The number of thiazole rings is 1. The molecule has 0 bridgehead atoms. The van der Waals surface area contributed by atoms with Crippen LogP contribution in [0.5, 0.6) is 0 Å². The zero-order chi connectivity index (χ0) is 24.2. The molecule has 4 aromatic carbocycles. The van der Waals surface area contributed by atoms with E-state index in [9.17, 15) is 0 Å². The number of hydrogen-bond donors (Lipinski definition) is 0. The van der Waals surface area contributed by atoms with Gasteiger partial charge in [-0.3, -0.25) is 4.57 Å². The van der Waals surface area contributed by atoms with Crippen LogP contribution in [0.2, 0.25) is 0 Å². The SMILES string of the molecule is S=C1C(=Cc2nc3sc(-c4ccccc4)nc3n2-c2ccccc2)C(=S)c2cc3ccccc3cc21. The fraction of sp³-hybridized carbons (Fsp3) is 0. The molecule has 170 valence electrons. The van der Waals surface area contributed by atoms with Crippen molar-refractivity contribution < 1.29 is 0 Å². The van der Waals surface area contributed by atoms with E-state index in [1.54, 1.807) is 11.3 Å². The van der Waals surface area contributed by atoms with Crippen molar-refractivity contribution in [3.05, 3.63) is 120 Å². The lowest BCUT2D eigenvalue weighted by Gasteiger charge is -2.07. The van der Waals surface area contributed by atoms with Gasteiger partial charge < -0.3 is 0 Å². The molecule has 7 rings (SSSR count). The molecule has 0 fully saturated rings. The minimum Gasteiger partial charge on any atom is -0.276 e. The van der Waals surface area contributed by atoms with Crippen LogP contribution in [-0.4, -0.2) is 24.3 Å². The molecule has 0 saturated carbocycles. The molecule has 0 aliphatic heterocycles. The van der Waals surface area contributed by atoms with E-state index in [0.29, 0.717) is 0 Å². The minimum absolute atomic E-state index is 0.768. The molecule has 6 aromatic rings. The van der Waals surface area contributed by atoms with Crippen LogP contribution >= 0.6 is 35.8 Å². The van der Waals surface area contributed by atoms with Gasteiger partial charge in [-0.1, -0.05) is 109 Å². The van der Waals surface area contributed by atoms with E-state index in [0.717, 1.165) is 69.8 Å². The fourth-order valence-electron chi connectivity index (χ4n) is 4.69. The molecule has 0 saturated heterocycles. The molecule has 6 heteroatoms. The van der Waals surface area contributed by atoms with E-state index in [2.05, 4.69) is 53.1 Å². The largest absolute Gasteiger partial charge is 0.276 e. The topological polar surface area (TPSA) is 30.7 Å². The molecule has 1 aliphatic rings. The average molecular weight is 516 g/mol. The summed E-state index contributed by atoms with van der Waals surface area (Å²) in [5, 5.41) is 3.26. The van der Waals surface area contributed by atoms with Gasteiger partial charge in [0.1, 0.15) is 10.8 Å². The van der Waals surface area contributed by atoms with Crippen molar-refractivity contribution in [3.8, 4) is 16.3 Å². The van der Waals surface area contributed by atoms with Crippen molar-refractivity contribution >= 4 is 72.8 Å². The Morgan fingerprint density at radius 1 is 0.694 bits per heavy atom. The van der Waals surface area contributed by atoms with Crippen LogP contribution in [-0.2, 0) is 0 Å². The first-order valence-corrected chi connectivity index (χ1v) is 13.1. The summed E-state index contributed by atoms with van der Waals surface area (Å²) in [6.45, 7) is 0. The van der Waals surface area contributed by atoms with Gasteiger partial charge in [0, 0.05) is 28.0 Å². The van der Waals surface area contributed by atoms with Crippen molar-refractivity contribution in [2.45, 2.75) is 0 Å². The highest BCUT2D eigenvalue weighted by molar-refractivity contribution is 7.84. The highest BCUT2D eigenvalue weighted by Crippen LogP contribution is 2.36. The van der Waals surface area contributed by atoms with Crippen molar-refractivity contribution in [3.63, 3.8) is 0 Å². The van der Waals surface area contributed by atoms with Gasteiger partial charge >= 0.3 is 0 Å². The number of para-hydroxylation sites is 1. The lowest BCUT2D eigenvalue weighted by molar-refractivity contribution is 1.05. The maximum absolute atomic E-state index is 5.93. The quantitative estimate of drug-likeness (QED) is 0.177. The number of allylic oxidation sites excluding steroid dienone is 1. The first-order chi connectivity index (χ1) is 17.7. The summed E-state index contributed by atoms with van der Waals surface area (Å²) in [5.74, 6) is 0.770. The Kier molecular flexibility index (Phi) is 4.99. The highest BCUT2D eigenvalue weighted by atomic mass is 32.1. The first kappa shape index (κ1) is 21.4. The Balaban J connectivity index is 1.40. The van der Waals surface area contributed by atoms with Crippen LogP contribution in [0.3, 0.4) is 0 Å². The number of benzene rings is 4. The van der Waals surface area contributed by atoms with Gasteiger partial charge in [0.25, 0.3) is 0 Å². The van der Waals surface area contributed by atoms with E-state index < -0.39 is 0 Å². The maximum atomic E-state index is 5.93. The van der Waals surface area contributed by atoms with Crippen LogP contribution in [0.15, 0.2) is 103 Å². The molecular weight excluding hydrogens is 499 g/mol. The van der Waals surface area contributed by atoms with E-state index in [1.807, 2.05) is 54.6 Å². The number of imidazole rings is 1. The molecule has 0 spiro atoms. The summed E-state index contributed by atoms with van der Waals surface area (Å²) in [5.41, 5.74) is 5.81. The van der Waals surface area contributed by atoms with Gasteiger partial charge in [-0.2, -0.15) is 0 Å². The third kappa shape index (κ3) is 3.38. The van der Waals surface area contributed by atoms with Gasteiger partial charge in [0.15, 0.2) is 10.5 Å². The third-order valence-electron chi connectivity index (χ3n) is 6.42. The van der Waals surface area contributed by atoms with Crippen molar-refractivity contribution in [2.75, 3.05) is 0 Å². The second-order valence-corrected chi connectivity index (χ2v) is 10.4. The minimum atomic E-state index is 0.768. The van der Waals surface area contributed by atoms with Crippen molar-refractivity contribution in [1.29, 1.82) is 0 Å². The fourth-order valence-corrected chi connectivity index (χ4v) is 6.35. The maximum Gasteiger partial charge on any atom is 0.177 e. The molecule has 2 aromatic heterocycles. The van der Waals surface area contributed by atoms with Crippen molar-refractivity contribution in [2.24, 2.45) is 0 Å². The number of hydrogen-bond acceptors (Lipinski definition) is 5. The number of aromatic nitrogens is 3. The van der Waals surface area contributed by atoms with Crippen LogP contribution < -0.4 is 0 Å². The van der Waals surface area contributed by atoms with Gasteiger partial charge in [0.2, 0.25) is 0 Å². The van der Waals surface area contributed by atoms with Crippen LogP contribution in [0.4, 0.5) is 0 Å². The summed E-state index contributed by atoms with van der Waals surface area (Å²) in [6.07, 6.45) is 2.03. The number of thiocarbonyl (C=S) groups is 2. The predicted molar refractivity (Wildman–Crippen MR) is 158 cm³/mol. The summed E-state index contributed by atoms with van der Waals surface area (Å²) in [6, 6.07) is 33.0. The van der Waals surface area contributed by atoms with Crippen molar-refractivity contribution in [1.82, 2.24) is 14.5 Å². The molecule has 0 unspecified atom stereocenters. The Morgan fingerprint density at radius 3 is 1.92 bits per heavy atom. The Labute approximate surface area is 222 Å². The highest BCUT2D eigenvalue weighted by Gasteiger charge is 2.28. The van der Waals surface area contributed by atoms with E-state index >= 15 is 0 Å². The first-order valence-electron chi connectivity index (χ1n) is 11.5. The number of rotatable bonds is 3. The smallest absolute Gasteiger partial charge is 0.177 e. The zero-order valence-corrected chi connectivity index (χ0v) is 21.3. The Hall–Kier alpha value is -3.84. The molecule has 1 aliphatic carbocycles. The molecule has 0 N–H and O–H groups in total. The lowest BCUT2D eigenvalue weighted by atomic mass is 10.0. The van der Waals surface area contributed by atoms with Gasteiger partial charge in [0.05, 0.1) is 9.73 Å². The van der Waals surface area contributed by atoms with E-state index in [-0.39, 0.29) is 0 Å². The lowest BCUT2D eigenvalue weighted by Crippen LogP contribution is -2.03. The number of nitrogens with zero attached hydrogens (tertiary/aromatic N) is 3.